The molecule has 1 saturated carbocycles. The van der Waals surface area contributed by atoms with Crippen LogP contribution in [-0.2, 0) is 11.6 Å². The summed E-state index contributed by atoms with van der Waals surface area (Å²) in [6, 6.07) is 7.54. The van der Waals surface area contributed by atoms with Crippen molar-refractivity contribution in [3.05, 3.63) is 47.4 Å². The van der Waals surface area contributed by atoms with E-state index in [1.54, 1.807) is 12.1 Å². The molecule has 2 heterocycles. The number of benzene rings is 1. The van der Waals surface area contributed by atoms with Crippen LogP contribution in [0.15, 0.2) is 30.3 Å². The van der Waals surface area contributed by atoms with Crippen molar-refractivity contribution < 1.29 is 17.6 Å². The Morgan fingerprint density at radius 3 is 2.49 bits per heavy atom. The van der Waals surface area contributed by atoms with E-state index in [1.165, 1.54) is 12.1 Å². The SMILES string of the molecule is CC1CCCN(c2cc(C(F)(F)F)nc(NC(=S)NCC3(c4ccc(F)cc4)CCCCC3)n2)C1. The van der Waals surface area contributed by atoms with E-state index in [4.69, 9.17) is 12.2 Å². The van der Waals surface area contributed by atoms with Gasteiger partial charge in [0.05, 0.1) is 0 Å². The van der Waals surface area contributed by atoms with Crippen LogP contribution < -0.4 is 15.5 Å². The molecule has 10 heteroatoms. The van der Waals surface area contributed by atoms with Crippen LogP contribution in [0.1, 0.15) is 63.1 Å². The number of hydrogen-bond acceptors (Lipinski definition) is 4. The first-order valence-corrected chi connectivity index (χ1v) is 12.6. The first kappa shape index (κ1) is 25.6. The van der Waals surface area contributed by atoms with E-state index in [1.807, 2.05) is 4.90 Å². The molecule has 1 atom stereocenters. The third-order valence-corrected chi connectivity index (χ3v) is 7.31. The zero-order valence-electron chi connectivity index (χ0n) is 19.8. The number of piperidine rings is 1. The van der Waals surface area contributed by atoms with E-state index < -0.39 is 11.9 Å². The second kappa shape index (κ2) is 10.6. The topological polar surface area (TPSA) is 53.1 Å². The highest BCUT2D eigenvalue weighted by atomic mass is 32.1. The molecule has 2 fully saturated rings. The maximum absolute atomic E-state index is 13.6. The van der Waals surface area contributed by atoms with Crippen LogP contribution in [0.25, 0.3) is 0 Å². The third-order valence-electron chi connectivity index (χ3n) is 7.06. The smallest absolute Gasteiger partial charge is 0.361 e. The molecular weight excluding hydrogens is 478 g/mol. The highest BCUT2D eigenvalue weighted by Crippen LogP contribution is 2.39. The molecule has 0 amide bonds. The minimum Gasteiger partial charge on any atom is -0.361 e. The van der Waals surface area contributed by atoms with Crippen molar-refractivity contribution >= 4 is 29.1 Å². The minimum absolute atomic E-state index is 0.161. The normalized spacial score (nSPS) is 20.4. The molecule has 0 radical (unpaired) electrons. The predicted octanol–water partition coefficient (Wildman–Crippen LogP) is 6.06. The van der Waals surface area contributed by atoms with Crippen LogP contribution in [-0.4, -0.2) is 34.7 Å². The number of thiocarbonyl (C=S) groups is 1. The molecule has 0 spiro atoms. The zero-order valence-corrected chi connectivity index (χ0v) is 20.6. The second-order valence-electron chi connectivity index (χ2n) is 9.78. The molecule has 5 nitrogen and oxygen atoms in total. The molecule has 190 valence electrons. The van der Waals surface area contributed by atoms with Crippen molar-refractivity contribution in [1.82, 2.24) is 15.3 Å². The van der Waals surface area contributed by atoms with Crippen LogP contribution in [0.4, 0.5) is 29.3 Å². The molecule has 1 aromatic carbocycles. The summed E-state index contributed by atoms with van der Waals surface area (Å²) >= 11 is 5.42. The molecule has 2 N–H and O–H groups in total. The van der Waals surface area contributed by atoms with E-state index in [9.17, 15) is 17.6 Å². The quantitative estimate of drug-likeness (QED) is 0.378. The van der Waals surface area contributed by atoms with Gasteiger partial charge in [-0.25, -0.2) is 9.37 Å². The van der Waals surface area contributed by atoms with Gasteiger partial charge in [-0.05, 0) is 61.5 Å². The Balaban J connectivity index is 1.50. The number of halogens is 4. The molecule has 1 aliphatic carbocycles. The molecule has 4 rings (SSSR count). The molecular formula is C25H31F4N5S. The number of hydrogen-bond donors (Lipinski definition) is 2. The largest absolute Gasteiger partial charge is 0.433 e. The summed E-state index contributed by atoms with van der Waals surface area (Å²) in [5, 5.41) is 6.11. The van der Waals surface area contributed by atoms with Crippen LogP contribution >= 0.6 is 12.2 Å². The summed E-state index contributed by atoms with van der Waals surface area (Å²) in [6.45, 7) is 3.87. The lowest BCUT2D eigenvalue weighted by Crippen LogP contribution is -2.43. The predicted molar refractivity (Wildman–Crippen MR) is 133 cm³/mol. The summed E-state index contributed by atoms with van der Waals surface area (Å²) in [7, 11) is 0. The van der Waals surface area contributed by atoms with Crippen molar-refractivity contribution in [1.29, 1.82) is 0 Å². The van der Waals surface area contributed by atoms with Gasteiger partial charge in [0.25, 0.3) is 0 Å². The van der Waals surface area contributed by atoms with Crippen molar-refractivity contribution in [3.63, 3.8) is 0 Å². The average Bonchev–Trinajstić information content (AvgIpc) is 2.83. The van der Waals surface area contributed by atoms with Gasteiger partial charge in [-0.3, -0.25) is 0 Å². The fraction of sp³-hybridized carbons (Fsp3) is 0.560. The van der Waals surface area contributed by atoms with Gasteiger partial charge in [0.15, 0.2) is 10.8 Å². The molecule has 1 aliphatic heterocycles. The van der Waals surface area contributed by atoms with Gasteiger partial charge in [-0.15, -0.1) is 0 Å². The molecule has 0 bridgehead atoms. The first-order valence-electron chi connectivity index (χ1n) is 12.2. The lowest BCUT2D eigenvalue weighted by atomic mass is 9.69. The summed E-state index contributed by atoms with van der Waals surface area (Å²) in [5.41, 5.74) is -0.187. The number of anilines is 2. The lowest BCUT2D eigenvalue weighted by molar-refractivity contribution is -0.141. The van der Waals surface area contributed by atoms with Crippen molar-refractivity contribution in [2.24, 2.45) is 5.92 Å². The van der Waals surface area contributed by atoms with Crippen molar-refractivity contribution in [2.45, 2.75) is 63.5 Å². The van der Waals surface area contributed by atoms with E-state index in [-0.39, 0.29) is 28.1 Å². The van der Waals surface area contributed by atoms with Crippen LogP contribution in [0.5, 0.6) is 0 Å². The van der Waals surface area contributed by atoms with Crippen LogP contribution in [0, 0.1) is 11.7 Å². The number of nitrogens with one attached hydrogen (secondary N) is 2. The molecule has 1 aromatic heterocycles. The summed E-state index contributed by atoms with van der Waals surface area (Å²) in [6.07, 6.45) is 2.43. The number of nitrogens with zero attached hydrogens (tertiary/aromatic N) is 3. The van der Waals surface area contributed by atoms with Crippen LogP contribution in [0.3, 0.4) is 0 Å². The summed E-state index contributed by atoms with van der Waals surface area (Å²) < 4.78 is 54.2. The monoisotopic (exact) mass is 509 g/mol. The molecule has 2 aliphatic rings. The maximum Gasteiger partial charge on any atom is 0.433 e. The van der Waals surface area contributed by atoms with E-state index in [0.717, 1.165) is 56.6 Å². The van der Waals surface area contributed by atoms with Gasteiger partial charge >= 0.3 is 6.18 Å². The van der Waals surface area contributed by atoms with Gasteiger partial charge in [0.2, 0.25) is 5.95 Å². The Hall–Kier alpha value is -2.49. The first-order chi connectivity index (χ1) is 16.6. The summed E-state index contributed by atoms with van der Waals surface area (Å²) in [5.74, 6) is 0.167. The Kier molecular flexibility index (Phi) is 7.78. The molecule has 35 heavy (non-hydrogen) atoms. The Morgan fingerprint density at radius 2 is 1.83 bits per heavy atom. The Labute approximate surface area is 208 Å². The average molecular weight is 510 g/mol. The molecule has 1 saturated heterocycles. The number of rotatable bonds is 5. The summed E-state index contributed by atoms with van der Waals surface area (Å²) in [4.78, 5) is 9.93. The number of alkyl halides is 3. The second-order valence-corrected chi connectivity index (χ2v) is 10.2. The Bertz CT molecular complexity index is 1020. The fourth-order valence-corrected chi connectivity index (χ4v) is 5.35. The third kappa shape index (κ3) is 6.39. The Morgan fingerprint density at radius 1 is 1.11 bits per heavy atom. The van der Waals surface area contributed by atoms with Gasteiger partial charge < -0.3 is 15.5 Å². The van der Waals surface area contributed by atoms with E-state index >= 15 is 0 Å². The van der Waals surface area contributed by atoms with Crippen LogP contribution in [0.2, 0.25) is 0 Å². The van der Waals surface area contributed by atoms with Gasteiger partial charge in [0, 0.05) is 31.1 Å². The fourth-order valence-electron chi connectivity index (χ4n) is 5.19. The standard InChI is InChI=1S/C25H31F4N5S/c1-17-6-5-13-34(15-17)21-14-20(25(27,28)29)31-22(32-21)33-23(35)30-16-24(11-3-2-4-12-24)18-7-9-19(26)10-8-18/h7-10,14,17H,2-6,11-13,15-16H2,1H3,(H2,30,31,32,33,35). The van der Waals surface area contributed by atoms with Gasteiger partial charge in [-0.2, -0.15) is 18.2 Å². The number of aromatic nitrogens is 2. The van der Waals surface area contributed by atoms with E-state index in [0.29, 0.717) is 25.6 Å². The lowest BCUT2D eigenvalue weighted by Gasteiger charge is -2.38. The zero-order chi connectivity index (χ0) is 25.1. The highest BCUT2D eigenvalue weighted by Gasteiger charge is 2.36. The highest BCUT2D eigenvalue weighted by molar-refractivity contribution is 7.80. The maximum atomic E-state index is 13.6. The minimum atomic E-state index is -4.60. The van der Waals surface area contributed by atoms with Crippen molar-refractivity contribution in [3.8, 4) is 0 Å². The van der Waals surface area contributed by atoms with E-state index in [2.05, 4.69) is 27.5 Å². The van der Waals surface area contributed by atoms with Crippen molar-refractivity contribution in [2.75, 3.05) is 29.9 Å². The van der Waals surface area contributed by atoms with Gasteiger partial charge in [0.1, 0.15) is 11.6 Å². The van der Waals surface area contributed by atoms with Gasteiger partial charge in [-0.1, -0.05) is 38.3 Å². The molecule has 2 aromatic rings. The molecule has 1 unspecified atom stereocenters.